The smallest absolute Gasteiger partial charge is 0.227 e. The standard InChI is InChI=1S/C10H13Cl3O2/c11-10(12,13)8(14)4-7-9(15)5-2-1-3-6-9/h8,14-15H,1-3,5-6H2/t8-/m1/s1. The largest absolute Gasteiger partial charge is 0.378 e. The van der Waals surface area contributed by atoms with Crippen LogP contribution in [0.1, 0.15) is 32.1 Å². The zero-order valence-electron chi connectivity index (χ0n) is 8.14. The molecule has 5 heteroatoms. The normalized spacial score (nSPS) is 22.7. The monoisotopic (exact) mass is 270 g/mol. The number of aliphatic hydroxyl groups is 2. The molecule has 86 valence electrons. The van der Waals surface area contributed by atoms with Crippen molar-refractivity contribution in [3.05, 3.63) is 0 Å². The van der Waals surface area contributed by atoms with E-state index in [1.165, 1.54) is 0 Å². The van der Waals surface area contributed by atoms with Crippen LogP contribution in [-0.4, -0.2) is 25.7 Å². The fraction of sp³-hybridized carbons (Fsp3) is 0.800. The van der Waals surface area contributed by atoms with Crippen molar-refractivity contribution in [2.75, 3.05) is 0 Å². The topological polar surface area (TPSA) is 40.5 Å². The average molecular weight is 272 g/mol. The van der Waals surface area contributed by atoms with Crippen LogP contribution in [0.3, 0.4) is 0 Å². The Morgan fingerprint density at radius 3 is 2.13 bits per heavy atom. The Bertz CT molecular complexity index is 269. The van der Waals surface area contributed by atoms with Crippen LogP contribution >= 0.6 is 34.8 Å². The van der Waals surface area contributed by atoms with E-state index in [1.54, 1.807) is 0 Å². The average Bonchev–Trinajstić information content (AvgIpc) is 2.14. The highest BCUT2D eigenvalue weighted by Crippen LogP contribution is 2.31. The molecule has 1 atom stereocenters. The second-order valence-electron chi connectivity index (χ2n) is 3.81. The van der Waals surface area contributed by atoms with E-state index in [4.69, 9.17) is 34.8 Å². The van der Waals surface area contributed by atoms with Crippen LogP contribution in [0.5, 0.6) is 0 Å². The van der Waals surface area contributed by atoms with Gasteiger partial charge in [0.25, 0.3) is 0 Å². The number of hydrogen-bond acceptors (Lipinski definition) is 2. The van der Waals surface area contributed by atoms with Gasteiger partial charge in [-0.25, -0.2) is 0 Å². The molecule has 1 aliphatic carbocycles. The van der Waals surface area contributed by atoms with Gasteiger partial charge in [-0.3, -0.25) is 0 Å². The number of halogens is 3. The Morgan fingerprint density at radius 2 is 1.67 bits per heavy atom. The van der Waals surface area contributed by atoms with Crippen molar-refractivity contribution in [1.82, 2.24) is 0 Å². The van der Waals surface area contributed by atoms with Crippen LogP contribution in [0.15, 0.2) is 0 Å². The zero-order chi connectivity index (χ0) is 11.5. The number of alkyl halides is 3. The summed E-state index contributed by atoms with van der Waals surface area (Å²) in [5.41, 5.74) is -1.02. The third kappa shape index (κ3) is 4.38. The van der Waals surface area contributed by atoms with Crippen LogP contribution in [0.4, 0.5) is 0 Å². The summed E-state index contributed by atoms with van der Waals surface area (Å²) < 4.78 is -1.82. The second kappa shape index (κ2) is 5.12. The predicted molar refractivity (Wildman–Crippen MR) is 62.1 cm³/mol. The Labute approximate surface area is 105 Å². The molecule has 15 heavy (non-hydrogen) atoms. The maximum absolute atomic E-state index is 9.97. The molecular formula is C10H13Cl3O2. The maximum Gasteiger partial charge on any atom is 0.227 e. The molecule has 0 unspecified atom stereocenters. The molecule has 1 saturated carbocycles. The summed E-state index contributed by atoms with van der Waals surface area (Å²) in [5.74, 6) is 5.00. The molecule has 0 amide bonds. The van der Waals surface area contributed by atoms with Gasteiger partial charge >= 0.3 is 0 Å². The summed E-state index contributed by atoms with van der Waals surface area (Å²) in [6, 6.07) is 0. The molecule has 0 heterocycles. The summed E-state index contributed by atoms with van der Waals surface area (Å²) in [6.07, 6.45) is 2.86. The van der Waals surface area contributed by atoms with E-state index in [0.29, 0.717) is 12.8 Å². The molecule has 0 aromatic carbocycles. The van der Waals surface area contributed by atoms with Crippen molar-refractivity contribution < 1.29 is 10.2 Å². The third-order valence-corrected chi connectivity index (χ3v) is 3.05. The highest BCUT2D eigenvalue weighted by atomic mass is 35.6. The number of aliphatic hydroxyl groups excluding tert-OH is 1. The molecule has 0 saturated heterocycles. The van der Waals surface area contributed by atoms with Gasteiger partial charge in [0.05, 0.1) is 0 Å². The fourth-order valence-electron chi connectivity index (χ4n) is 1.55. The first-order chi connectivity index (χ1) is 6.83. The van der Waals surface area contributed by atoms with Crippen LogP contribution in [-0.2, 0) is 0 Å². The summed E-state index contributed by atoms with van der Waals surface area (Å²) in [7, 11) is 0. The van der Waals surface area contributed by atoms with Gasteiger partial charge in [0.2, 0.25) is 3.79 Å². The summed E-state index contributed by atoms with van der Waals surface area (Å²) in [4.78, 5) is 0. The second-order valence-corrected chi connectivity index (χ2v) is 6.17. The summed E-state index contributed by atoms with van der Waals surface area (Å²) in [5, 5.41) is 19.3. The first-order valence-corrected chi connectivity index (χ1v) is 5.97. The van der Waals surface area contributed by atoms with Gasteiger partial charge in [0.15, 0.2) is 6.10 Å². The lowest BCUT2D eigenvalue weighted by molar-refractivity contribution is 0.0604. The lowest BCUT2D eigenvalue weighted by atomic mass is 9.85. The van der Waals surface area contributed by atoms with E-state index < -0.39 is 15.5 Å². The van der Waals surface area contributed by atoms with Crippen molar-refractivity contribution >= 4 is 34.8 Å². The zero-order valence-corrected chi connectivity index (χ0v) is 10.4. The van der Waals surface area contributed by atoms with Crippen molar-refractivity contribution in [3.63, 3.8) is 0 Å². The highest BCUT2D eigenvalue weighted by Gasteiger charge is 2.31. The van der Waals surface area contributed by atoms with Crippen LogP contribution < -0.4 is 0 Å². The number of hydrogen-bond donors (Lipinski definition) is 2. The first kappa shape index (κ1) is 13.4. The van der Waals surface area contributed by atoms with Crippen LogP contribution in [0.25, 0.3) is 0 Å². The van der Waals surface area contributed by atoms with E-state index in [1.807, 2.05) is 0 Å². The molecule has 2 N–H and O–H groups in total. The Kier molecular flexibility index (Phi) is 4.58. The molecule has 0 bridgehead atoms. The predicted octanol–water partition coefficient (Wildman–Crippen LogP) is 2.42. The molecule has 0 aromatic heterocycles. The first-order valence-electron chi connectivity index (χ1n) is 4.83. The van der Waals surface area contributed by atoms with E-state index in [0.717, 1.165) is 19.3 Å². The van der Waals surface area contributed by atoms with Crippen molar-refractivity contribution in [3.8, 4) is 11.8 Å². The minimum absolute atomic E-state index is 0.618. The molecule has 0 aliphatic heterocycles. The Hall–Kier alpha value is 0.350. The van der Waals surface area contributed by atoms with Gasteiger partial charge in [-0.2, -0.15) is 0 Å². The number of rotatable bonds is 0. The van der Waals surface area contributed by atoms with E-state index in [-0.39, 0.29) is 0 Å². The molecule has 0 spiro atoms. The van der Waals surface area contributed by atoms with E-state index in [2.05, 4.69) is 11.8 Å². The summed E-state index contributed by atoms with van der Waals surface area (Å²) >= 11 is 16.3. The van der Waals surface area contributed by atoms with Gasteiger partial charge in [-0.1, -0.05) is 53.1 Å². The lowest BCUT2D eigenvalue weighted by Gasteiger charge is -2.26. The van der Waals surface area contributed by atoms with E-state index >= 15 is 0 Å². The SMILES string of the molecule is O[C@H](C#CC1(O)CCCCC1)C(Cl)(Cl)Cl. The van der Waals surface area contributed by atoms with Gasteiger partial charge in [-0.15, -0.1) is 0 Å². The third-order valence-electron chi connectivity index (χ3n) is 2.43. The van der Waals surface area contributed by atoms with Gasteiger partial charge < -0.3 is 10.2 Å². The molecule has 1 aliphatic rings. The molecule has 0 aromatic rings. The fourth-order valence-corrected chi connectivity index (χ4v) is 1.71. The lowest BCUT2D eigenvalue weighted by Crippen LogP contribution is -2.31. The van der Waals surface area contributed by atoms with Gasteiger partial charge in [0.1, 0.15) is 5.60 Å². The Balaban J connectivity index is 2.63. The molecule has 1 rings (SSSR count). The summed E-state index contributed by atoms with van der Waals surface area (Å²) in [6.45, 7) is 0. The minimum Gasteiger partial charge on any atom is -0.378 e. The molecule has 1 fully saturated rings. The molecular weight excluding hydrogens is 258 g/mol. The van der Waals surface area contributed by atoms with Crippen molar-refractivity contribution in [2.45, 2.75) is 47.6 Å². The van der Waals surface area contributed by atoms with Crippen LogP contribution in [0.2, 0.25) is 0 Å². The van der Waals surface area contributed by atoms with Crippen molar-refractivity contribution in [1.29, 1.82) is 0 Å². The maximum atomic E-state index is 9.97. The van der Waals surface area contributed by atoms with Gasteiger partial charge in [-0.05, 0) is 25.7 Å². The van der Waals surface area contributed by atoms with Gasteiger partial charge in [0, 0.05) is 0 Å². The van der Waals surface area contributed by atoms with E-state index in [9.17, 15) is 10.2 Å². The highest BCUT2D eigenvalue weighted by molar-refractivity contribution is 6.68. The Morgan fingerprint density at radius 1 is 1.13 bits per heavy atom. The molecule has 2 nitrogen and oxygen atoms in total. The quantitative estimate of drug-likeness (QED) is 0.525. The molecule has 0 radical (unpaired) electrons. The van der Waals surface area contributed by atoms with Crippen molar-refractivity contribution in [2.24, 2.45) is 0 Å². The van der Waals surface area contributed by atoms with Crippen LogP contribution in [0, 0.1) is 11.8 Å². The minimum atomic E-state index is -1.82.